The van der Waals surface area contributed by atoms with Crippen LogP contribution < -0.4 is 11.1 Å². The minimum atomic E-state index is -0.299. The van der Waals surface area contributed by atoms with E-state index >= 15 is 0 Å². The van der Waals surface area contributed by atoms with Crippen LogP contribution in [0.1, 0.15) is 13.8 Å². The van der Waals surface area contributed by atoms with Crippen LogP contribution in [0.15, 0.2) is 10.6 Å². The molecule has 0 aromatic carbocycles. The van der Waals surface area contributed by atoms with Crippen molar-refractivity contribution in [3.63, 3.8) is 0 Å². The summed E-state index contributed by atoms with van der Waals surface area (Å²) in [7, 11) is 0. The van der Waals surface area contributed by atoms with Crippen LogP contribution in [0.25, 0.3) is 0 Å². The second-order valence-corrected chi connectivity index (χ2v) is 4.67. The van der Waals surface area contributed by atoms with Gasteiger partial charge in [-0.2, -0.15) is 0 Å². The van der Waals surface area contributed by atoms with Crippen molar-refractivity contribution in [2.24, 2.45) is 11.7 Å². The first kappa shape index (κ1) is 12.5. The van der Waals surface area contributed by atoms with Gasteiger partial charge in [-0.05, 0) is 13.2 Å². The number of nitrogens with one attached hydrogen (secondary N) is 1. The molecule has 15 heavy (non-hydrogen) atoms. The minimum Gasteiger partial charge on any atom is -0.327 e. The quantitative estimate of drug-likeness (QED) is 0.554. The molecule has 0 aromatic heterocycles. The van der Waals surface area contributed by atoms with Gasteiger partial charge >= 0.3 is 0 Å². The summed E-state index contributed by atoms with van der Waals surface area (Å²) in [4.78, 5) is 11.4. The fraction of sp³-hybridized carbons (Fsp3) is 0.778. The van der Waals surface area contributed by atoms with E-state index in [0.717, 1.165) is 4.91 Å². The molecule has 1 aliphatic rings. The van der Waals surface area contributed by atoms with Gasteiger partial charge in [0.1, 0.15) is 0 Å². The van der Waals surface area contributed by atoms with E-state index in [4.69, 9.17) is 5.73 Å². The zero-order valence-corrected chi connectivity index (χ0v) is 10.0. The Hall–Kier alpha value is -0.590. The molecule has 1 heterocycles. The monoisotopic (exact) mass is 231 g/mol. The van der Waals surface area contributed by atoms with Crippen LogP contribution in [0, 0.1) is 16.0 Å². The van der Waals surface area contributed by atoms with E-state index in [2.05, 4.69) is 5.32 Å². The van der Waals surface area contributed by atoms with Gasteiger partial charge in [-0.1, -0.05) is 6.92 Å². The summed E-state index contributed by atoms with van der Waals surface area (Å²) in [5.41, 5.74) is 6.12. The first-order valence-electron chi connectivity index (χ1n) is 4.89. The molecular weight excluding hydrogens is 214 g/mol. The maximum atomic E-state index is 10.8. The zero-order valence-electron chi connectivity index (χ0n) is 9.19. The maximum absolute atomic E-state index is 10.8. The zero-order chi connectivity index (χ0) is 11.6. The third-order valence-electron chi connectivity index (χ3n) is 2.75. The number of rotatable bonds is 3. The number of nitrogens with two attached hydrogens (primary N) is 1. The van der Waals surface area contributed by atoms with Crippen molar-refractivity contribution >= 4 is 11.8 Å². The van der Waals surface area contributed by atoms with Crippen LogP contribution in [-0.2, 0) is 0 Å². The van der Waals surface area contributed by atoms with Gasteiger partial charge in [0.2, 0.25) is 0 Å². The Balaban J connectivity index is 2.99. The molecule has 1 aliphatic heterocycles. The molecule has 0 saturated carbocycles. The molecule has 5 nitrogen and oxygen atoms in total. The highest BCUT2D eigenvalue weighted by Gasteiger charge is 2.34. The van der Waals surface area contributed by atoms with Crippen molar-refractivity contribution in [1.29, 1.82) is 0 Å². The van der Waals surface area contributed by atoms with Gasteiger partial charge in [0.05, 0.1) is 16.4 Å². The first-order valence-corrected chi connectivity index (χ1v) is 6.12. The summed E-state index contributed by atoms with van der Waals surface area (Å²) in [6, 6.07) is 0.117. The molecule has 3 atom stereocenters. The lowest BCUT2D eigenvalue weighted by atomic mass is 9.92. The van der Waals surface area contributed by atoms with Crippen molar-refractivity contribution in [3.05, 3.63) is 20.7 Å². The lowest BCUT2D eigenvalue weighted by molar-refractivity contribution is -0.428. The molecule has 0 amide bonds. The number of hydrogen-bond acceptors (Lipinski definition) is 5. The predicted octanol–water partition coefficient (Wildman–Crippen LogP) is 0.793. The van der Waals surface area contributed by atoms with Gasteiger partial charge < -0.3 is 11.1 Å². The molecule has 0 radical (unpaired) electrons. The highest BCUT2D eigenvalue weighted by molar-refractivity contribution is 8.02. The molecule has 3 unspecified atom stereocenters. The minimum absolute atomic E-state index is 0.00421. The van der Waals surface area contributed by atoms with E-state index < -0.39 is 0 Å². The average Bonchev–Trinajstić information content (AvgIpc) is 2.16. The topological polar surface area (TPSA) is 81.2 Å². The van der Waals surface area contributed by atoms with Crippen molar-refractivity contribution < 1.29 is 4.92 Å². The summed E-state index contributed by atoms with van der Waals surface area (Å²) >= 11 is 1.45. The maximum Gasteiger partial charge on any atom is 0.269 e. The molecule has 3 N–H and O–H groups in total. The predicted molar refractivity (Wildman–Crippen MR) is 62.1 cm³/mol. The van der Waals surface area contributed by atoms with Gasteiger partial charge in [-0.25, -0.2) is 0 Å². The molecule has 0 aliphatic carbocycles. The van der Waals surface area contributed by atoms with E-state index in [-0.39, 0.29) is 28.6 Å². The highest BCUT2D eigenvalue weighted by atomic mass is 32.2. The smallest absolute Gasteiger partial charge is 0.269 e. The van der Waals surface area contributed by atoms with Gasteiger partial charge in [0.15, 0.2) is 0 Å². The lowest BCUT2D eigenvalue weighted by Crippen LogP contribution is -2.51. The van der Waals surface area contributed by atoms with Crippen molar-refractivity contribution in [2.45, 2.75) is 25.9 Å². The van der Waals surface area contributed by atoms with E-state index in [1.165, 1.54) is 11.8 Å². The van der Waals surface area contributed by atoms with Crippen LogP contribution in [0.5, 0.6) is 0 Å². The first-order chi connectivity index (χ1) is 6.99. The Morgan fingerprint density at radius 3 is 2.73 bits per heavy atom. The molecule has 0 fully saturated rings. The van der Waals surface area contributed by atoms with Gasteiger partial charge in [-0.3, -0.25) is 10.1 Å². The lowest BCUT2D eigenvalue weighted by Gasteiger charge is -2.32. The number of nitrogens with zero attached hydrogens (tertiary/aromatic N) is 1. The van der Waals surface area contributed by atoms with E-state index in [9.17, 15) is 10.1 Å². The Bertz CT molecular complexity index is 291. The molecule has 86 valence electrons. The second kappa shape index (κ2) is 4.96. The molecule has 0 spiro atoms. The van der Waals surface area contributed by atoms with Crippen LogP contribution in [0.3, 0.4) is 0 Å². The third kappa shape index (κ3) is 2.50. The van der Waals surface area contributed by atoms with E-state index in [1.54, 1.807) is 0 Å². The number of nitro groups is 1. The Kier molecular flexibility index (Phi) is 4.12. The highest BCUT2D eigenvalue weighted by Crippen LogP contribution is 2.32. The van der Waals surface area contributed by atoms with Crippen molar-refractivity contribution in [3.8, 4) is 0 Å². The summed E-state index contributed by atoms with van der Waals surface area (Å²) in [5.74, 6) is 0.106. The fourth-order valence-corrected chi connectivity index (χ4v) is 2.90. The summed E-state index contributed by atoms with van der Waals surface area (Å²) in [6.07, 6.45) is 1.87. The Morgan fingerprint density at radius 2 is 2.33 bits per heavy atom. The van der Waals surface area contributed by atoms with Gasteiger partial charge in [0, 0.05) is 18.0 Å². The molecular formula is C9H17N3O2S. The number of hydrogen-bond donors (Lipinski definition) is 2. The average molecular weight is 231 g/mol. The van der Waals surface area contributed by atoms with Crippen LogP contribution in [0.2, 0.25) is 0 Å². The molecule has 0 saturated heterocycles. The molecule has 0 aromatic rings. The normalized spacial score (nSPS) is 29.1. The Morgan fingerprint density at radius 1 is 1.73 bits per heavy atom. The van der Waals surface area contributed by atoms with Crippen LogP contribution >= 0.6 is 11.8 Å². The fourth-order valence-electron chi connectivity index (χ4n) is 2.00. The van der Waals surface area contributed by atoms with Crippen molar-refractivity contribution in [1.82, 2.24) is 5.32 Å². The SMILES string of the molecule is CSC1=C([N+](=O)[O-])CNC(C(C)N)C1C. The van der Waals surface area contributed by atoms with E-state index in [0.29, 0.717) is 6.54 Å². The van der Waals surface area contributed by atoms with E-state index in [1.807, 2.05) is 20.1 Å². The van der Waals surface area contributed by atoms with Gasteiger partial charge in [0.25, 0.3) is 5.70 Å². The summed E-state index contributed by atoms with van der Waals surface area (Å²) < 4.78 is 0. The van der Waals surface area contributed by atoms with Crippen molar-refractivity contribution in [2.75, 3.05) is 12.8 Å². The van der Waals surface area contributed by atoms with Crippen LogP contribution in [0.4, 0.5) is 0 Å². The molecule has 0 bridgehead atoms. The molecule has 6 heteroatoms. The Labute approximate surface area is 93.6 Å². The second-order valence-electron chi connectivity index (χ2n) is 3.83. The largest absolute Gasteiger partial charge is 0.327 e. The summed E-state index contributed by atoms with van der Waals surface area (Å²) in [5, 5.41) is 13.9. The summed E-state index contributed by atoms with van der Waals surface area (Å²) in [6.45, 7) is 4.21. The molecule has 1 rings (SSSR count). The standard InChI is InChI=1S/C9H17N3O2S/c1-5-8(6(2)10)11-4-7(12(13)14)9(5)15-3/h5-6,8,11H,4,10H2,1-3H3. The van der Waals surface area contributed by atoms with Crippen LogP contribution in [-0.4, -0.2) is 29.8 Å². The third-order valence-corrected chi connectivity index (χ3v) is 3.80. The van der Waals surface area contributed by atoms with Gasteiger partial charge in [-0.15, -0.1) is 11.8 Å². The number of thioether (sulfide) groups is 1.